The first-order valence-corrected chi connectivity index (χ1v) is 11.0. The molecule has 7 nitrogen and oxygen atoms in total. The summed E-state index contributed by atoms with van der Waals surface area (Å²) in [5.74, 6) is -0.279. The lowest BCUT2D eigenvalue weighted by Crippen LogP contribution is -2.29. The van der Waals surface area contributed by atoms with Crippen LogP contribution < -0.4 is 10.9 Å². The van der Waals surface area contributed by atoms with Crippen molar-refractivity contribution in [2.45, 2.75) is 44.7 Å². The largest absolute Gasteiger partial charge is 0.339 e. The molecule has 1 aliphatic rings. The van der Waals surface area contributed by atoms with Gasteiger partial charge in [0.15, 0.2) is 5.16 Å². The Morgan fingerprint density at radius 3 is 2.62 bits per heavy atom. The fourth-order valence-corrected chi connectivity index (χ4v) is 3.98. The number of carbonyl (C=O) groups is 2. The predicted molar refractivity (Wildman–Crippen MR) is 115 cm³/mol. The summed E-state index contributed by atoms with van der Waals surface area (Å²) in [6, 6.07) is 5.45. The first-order valence-electron chi connectivity index (χ1n) is 9.73. The molecule has 0 spiro atoms. The molecule has 3 rings (SSSR count). The number of benzene rings is 1. The van der Waals surface area contributed by atoms with Gasteiger partial charge in [-0.15, -0.1) is 0 Å². The van der Waals surface area contributed by atoms with Gasteiger partial charge in [0.25, 0.3) is 11.5 Å². The molecule has 1 aromatic heterocycles. The van der Waals surface area contributed by atoms with Gasteiger partial charge in [0, 0.05) is 30.8 Å². The van der Waals surface area contributed by atoms with Gasteiger partial charge in [0.2, 0.25) is 5.91 Å². The molecule has 1 fully saturated rings. The van der Waals surface area contributed by atoms with Gasteiger partial charge >= 0.3 is 0 Å². The van der Waals surface area contributed by atoms with Gasteiger partial charge in [-0.25, -0.2) is 4.98 Å². The number of hydrogen-bond donors (Lipinski definition) is 2. The molecule has 2 heterocycles. The number of aryl methyl sites for hydroxylation is 2. The maximum atomic E-state index is 12.9. The van der Waals surface area contributed by atoms with E-state index in [2.05, 4.69) is 15.3 Å². The van der Waals surface area contributed by atoms with Crippen molar-refractivity contribution in [2.75, 3.05) is 24.7 Å². The number of nitrogens with zero attached hydrogens (tertiary/aromatic N) is 2. The first kappa shape index (κ1) is 21.1. The van der Waals surface area contributed by atoms with Crippen LogP contribution >= 0.6 is 11.8 Å². The van der Waals surface area contributed by atoms with Gasteiger partial charge in [-0.3, -0.25) is 14.4 Å². The summed E-state index contributed by atoms with van der Waals surface area (Å²) >= 11 is 1.37. The van der Waals surface area contributed by atoms with Crippen molar-refractivity contribution in [1.29, 1.82) is 0 Å². The Kier molecular flexibility index (Phi) is 6.74. The second-order valence-electron chi connectivity index (χ2n) is 7.18. The summed E-state index contributed by atoms with van der Waals surface area (Å²) in [5, 5.41) is 3.42. The number of aromatic nitrogens is 2. The molecule has 29 heavy (non-hydrogen) atoms. The van der Waals surface area contributed by atoms with E-state index in [4.69, 9.17) is 0 Å². The lowest BCUT2D eigenvalue weighted by Gasteiger charge is -2.19. The monoisotopic (exact) mass is 414 g/mol. The van der Waals surface area contributed by atoms with Crippen LogP contribution in [0.5, 0.6) is 0 Å². The lowest BCUT2D eigenvalue weighted by atomic mass is 10.0. The molecule has 0 radical (unpaired) electrons. The third-order valence-electron chi connectivity index (χ3n) is 5.15. The highest BCUT2D eigenvalue weighted by Crippen LogP contribution is 2.24. The minimum absolute atomic E-state index is 0.0416. The van der Waals surface area contributed by atoms with E-state index in [1.54, 1.807) is 13.0 Å². The molecule has 1 saturated heterocycles. The number of carbonyl (C=O) groups excluding carboxylic acids is 2. The highest BCUT2D eigenvalue weighted by atomic mass is 32.2. The molecule has 0 unspecified atom stereocenters. The maximum Gasteiger partial charge on any atom is 0.256 e. The molecule has 2 aromatic rings. The molecule has 0 bridgehead atoms. The van der Waals surface area contributed by atoms with E-state index in [0.29, 0.717) is 27.7 Å². The number of likely N-dealkylation sites (tertiary alicyclic amines) is 1. The fraction of sp³-hybridized carbons (Fsp3) is 0.429. The van der Waals surface area contributed by atoms with E-state index < -0.39 is 0 Å². The zero-order valence-corrected chi connectivity index (χ0v) is 17.8. The van der Waals surface area contributed by atoms with E-state index >= 15 is 0 Å². The van der Waals surface area contributed by atoms with Gasteiger partial charge < -0.3 is 15.2 Å². The van der Waals surface area contributed by atoms with Crippen LogP contribution in [0.15, 0.2) is 28.2 Å². The van der Waals surface area contributed by atoms with Gasteiger partial charge in [-0.1, -0.05) is 23.9 Å². The SMILES string of the molecule is CSc1nc(C)c(CCC(=O)Nc2cccc(C)c2C(=O)N2CCCC2)c(=O)[nH]1. The number of anilines is 1. The molecule has 0 atom stereocenters. The quantitative estimate of drug-likeness (QED) is 0.560. The number of aromatic amines is 1. The molecule has 1 aliphatic heterocycles. The van der Waals surface area contributed by atoms with Crippen LogP contribution in [0, 0.1) is 13.8 Å². The minimum Gasteiger partial charge on any atom is -0.339 e. The molecule has 8 heteroatoms. The molecule has 0 aliphatic carbocycles. The molecule has 1 aromatic carbocycles. The topological polar surface area (TPSA) is 95.2 Å². The van der Waals surface area contributed by atoms with Crippen LogP contribution in [0.3, 0.4) is 0 Å². The van der Waals surface area contributed by atoms with Crippen molar-refractivity contribution in [2.24, 2.45) is 0 Å². The Bertz CT molecular complexity index is 980. The lowest BCUT2D eigenvalue weighted by molar-refractivity contribution is -0.116. The summed E-state index contributed by atoms with van der Waals surface area (Å²) in [6.45, 7) is 5.15. The average molecular weight is 415 g/mol. The van der Waals surface area contributed by atoms with Gasteiger partial charge in [0.05, 0.1) is 11.3 Å². The Morgan fingerprint density at radius 1 is 1.24 bits per heavy atom. The van der Waals surface area contributed by atoms with E-state index in [9.17, 15) is 14.4 Å². The minimum atomic E-state index is -0.237. The van der Waals surface area contributed by atoms with Crippen LogP contribution in [-0.2, 0) is 11.2 Å². The fourth-order valence-electron chi connectivity index (χ4n) is 3.56. The highest BCUT2D eigenvalue weighted by Gasteiger charge is 2.24. The van der Waals surface area contributed by atoms with Gasteiger partial charge in [0.1, 0.15) is 0 Å². The number of nitrogens with one attached hydrogen (secondary N) is 2. The molecule has 0 saturated carbocycles. The van der Waals surface area contributed by atoms with Crippen molar-refractivity contribution in [1.82, 2.24) is 14.9 Å². The maximum absolute atomic E-state index is 12.9. The zero-order chi connectivity index (χ0) is 21.0. The van der Waals surface area contributed by atoms with E-state index in [1.807, 2.05) is 30.2 Å². The number of hydrogen-bond acceptors (Lipinski definition) is 5. The van der Waals surface area contributed by atoms with Crippen LogP contribution in [0.25, 0.3) is 0 Å². The number of rotatable bonds is 6. The summed E-state index contributed by atoms with van der Waals surface area (Å²) < 4.78 is 0. The molecule has 154 valence electrons. The van der Waals surface area contributed by atoms with Gasteiger partial charge in [-0.2, -0.15) is 0 Å². The van der Waals surface area contributed by atoms with Crippen molar-refractivity contribution in [3.8, 4) is 0 Å². The van der Waals surface area contributed by atoms with E-state index in [1.165, 1.54) is 11.8 Å². The second kappa shape index (κ2) is 9.26. The normalized spacial score (nSPS) is 13.6. The Labute approximate surface area is 174 Å². The van der Waals surface area contributed by atoms with E-state index in [0.717, 1.165) is 31.5 Å². The van der Waals surface area contributed by atoms with Crippen LogP contribution in [0.1, 0.15) is 46.4 Å². The second-order valence-corrected chi connectivity index (χ2v) is 7.98. The number of thioether (sulfide) groups is 1. The smallest absolute Gasteiger partial charge is 0.256 e. The standard InChI is InChI=1S/C21H26N4O3S/c1-13-7-6-8-16(18(13)20(28)25-11-4-5-12-25)23-17(26)10-9-15-14(2)22-21(29-3)24-19(15)27/h6-8H,4-5,9-12H2,1-3H3,(H,23,26)(H,22,24,27). The Morgan fingerprint density at radius 2 is 1.97 bits per heavy atom. The number of H-pyrrole nitrogens is 1. The predicted octanol–water partition coefficient (Wildman–Crippen LogP) is 2.92. The van der Waals surface area contributed by atoms with Crippen LogP contribution in [0.4, 0.5) is 5.69 Å². The Balaban J connectivity index is 1.72. The third kappa shape index (κ3) is 4.87. The van der Waals surface area contributed by atoms with Crippen molar-refractivity contribution >= 4 is 29.3 Å². The van der Waals surface area contributed by atoms with Gasteiger partial charge in [-0.05, 0) is 51.0 Å². The first-order chi connectivity index (χ1) is 13.9. The third-order valence-corrected chi connectivity index (χ3v) is 5.73. The van der Waals surface area contributed by atoms with E-state index in [-0.39, 0.29) is 30.2 Å². The average Bonchev–Trinajstić information content (AvgIpc) is 3.21. The van der Waals surface area contributed by atoms with Crippen molar-refractivity contribution in [3.05, 3.63) is 50.9 Å². The van der Waals surface area contributed by atoms with Crippen LogP contribution in [0.2, 0.25) is 0 Å². The molecule has 2 N–H and O–H groups in total. The summed E-state index contributed by atoms with van der Waals surface area (Å²) in [4.78, 5) is 46.6. The highest BCUT2D eigenvalue weighted by molar-refractivity contribution is 7.98. The molecule has 2 amide bonds. The molecular formula is C21H26N4O3S. The zero-order valence-electron chi connectivity index (χ0n) is 17.0. The van der Waals surface area contributed by atoms with Crippen LogP contribution in [-0.4, -0.2) is 46.0 Å². The summed E-state index contributed by atoms with van der Waals surface area (Å²) in [5.41, 5.74) is 2.83. The molecular weight excluding hydrogens is 388 g/mol. The van der Waals surface area contributed by atoms with Crippen molar-refractivity contribution < 1.29 is 9.59 Å². The summed E-state index contributed by atoms with van der Waals surface area (Å²) in [6.07, 6.45) is 4.28. The number of amides is 2. The van der Waals surface area contributed by atoms with Crippen molar-refractivity contribution in [3.63, 3.8) is 0 Å². The Hall–Kier alpha value is -2.61. The summed E-state index contributed by atoms with van der Waals surface area (Å²) in [7, 11) is 0.